The van der Waals surface area contributed by atoms with Gasteiger partial charge in [0.1, 0.15) is 0 Å². The smallest absolute Gasteiger partial charge is 0.0874 e. The molecule has 0 spiro atoms. The van der Waals surface area contributed by atoms with Crippen LogP contribution in [0.5, 0.6) is 0 Å². The largest absolute Gasteiger partial charge is 0.373 e. The zero-order valence-corrected chi connectivity index (χ0v) is 10.1. The molecule has 3 atom stereocenters. The lowest BCUT2D eigenvalue weighted by atomic mass is 9.96. The molecule has 0 bridgehead atoms. The SMILES string of the molecule is c1ccc2c(c1)C(OCC1CC1)[C@H]1CNC[C@@H]21. The van der Waals surface area contributed by atoms with Crippen LogP contribution in [0.1, 0.15) is 36.0 Å². The third-order valence-electron chi connectivity index (χ3n) is 4.56. The normalized spacial score (nSPS) is 34.7. The first-order valence-corrected chi connectivity index (χ1v) is 6.84. The van der Waals surface area contributed by atoms with Crippen molar-refractivity contribution < 1.29 is 4.74 Å². The van der Waals surface area contributed by atoms with Crippen molar-refractivity contribution in [3.8, 4) is 0 Å². The maximum absolute atomic E-state index is 6.23. The van der Waals surface area contributed by atoms with E-state index in [-0.39, 0.29) is 0 Å². The van der Waals surface area contributed by atoms with Gasteiger partial charge in [-0.05, 0) is 29.9 Å². The lowest BCUT2D eigenvalue weighted by Gasteiger charge is -2.19. The number of rotatable bonds is 3. The third-order valence-corrected chi connectivity index (χ3v) is 4.56. The minimum Gasteiger partial charge on any atom is -0.373 e. The predicted octanol–water partition coefficient (Wildman–Crippen LogP) is 2.47. The Morgan fingerprint density at radius 2 is 1.94 bits per heavy atom. The quantitative estimate of drug-likeness (QED) is 0.859. The molecule has 3 aliphatic rings. The van der Waals surface area contributed by atoms with E-state index in [2.05, 4.69) is 29.6 Å². The van der Waals surface area contributed by atoms with Crippen LogP contribution < -0.4 is 5.32 Å². The van der Waals surface area contributed by atoms with Gasteiger partial charge in [-0.15, -0.1) is 0 Å². The molecular weight excluding hydrogens is 210 g/mol. The van der Waals surface area contributed by atoms with Gasteiger partial charge in [-0.1, -0.05) is 24.3 Å². The molecule has 0 amide bonds. The molecule has 1 N–H and O–H groups in total. The number of hydrogen-bond acceptors (Lipinski definition) is 2. The number of ether oxygens (including phenoxy) is 1. The maximum Gasteiger partial charge on any atom is 0.0874 e. The fourth-order valence-corrected chi connectivity index (χ4v) is 3.43. The van der Waals surface area contributed by atoms with Gasteiger partial charge in [-0.2, -0.15) is 0 Å². The Labute approximate surface area is 102 Å². The van der Waals surface area contributed by atoms with Crippen LogP contribution in [-0.4, -0.2) is 19.7 Å². The van der Waals surface area contributed by atoms with Crippen LogP contribution in [-0.2, 0) is 4.74 Å². The molecule has 2 fully saturated rings. The monoisotopic (exact) mass is 229 g/mol. The van der Waals surface area contributed by atoms with Gasteiger partial charge in [0.15, 0.2) is 0 Å². The molecule has 1 heterocycles. The summed E-state index contributed by atoms with van der Waals surface area (Å²) in [6.45, 7) is 3.22. The Bertz CT molecular complexity index is 427. The molecule has 1 aromatic carbocycles. The molecule has 0 radical (unpaired) electrons. The molecule has 2 heteroatoms. The van der Waals surface area contributed by atoms with Gasteiger partial charge in [0.2, 0.25) is 0 Å². The molecule has 2 nitrogen and oxygen atoms in total. The third kappa shape index (κ3) is 1.62. The fraction of sp³-hybridized carbons (Fsp3) is 0.600. The second-order valence-corrected chi connectivity index (χ2v) is 5.75. The van der Waals surface area contributed by atoms with Crippen LogP contribution in [0.3, 0.4) is 0 Å². The maximum atomic E-state index is 6.23. The number of fused-ring (bicyclic) bond motifs is 3. The lowest BCUT2D eigenvalue weighted by Crippen LogP contribution is -2.18. The Kier molecular flexibility index (Phi) is 2.27. The Morgan fingerprint density at radius 1 is 1.12 bits per heavy atom. The summed E-state index contributed by atoms with van der Waals surface area (Å²) in [7, 11) is 0. The summed E-state index contributed by atoms with van der Waals surface area (Å²) in [6, 6.07) is 8.88. The molecule has 1 saturated heterocycles. The van der Waals surface area contributed by atoms with Crippen molar-refractivity contribution in [2.45, 2.75) is 24.9 Å². The summed E-state index contributed by atoms with van der Waals surface area (Å²) in [4.78, 5) is 0. The standard InChI is InChI=1S/C15H19NO/c1-2-4-12-11(3-1)13-7-16-8-14(13)15(12)17-9-10-5-6-10/h1-4,10,13-16H,5-9H2/t13-,14-,15?/m0/s1. The van der Waals surface area contributed by atoms with Gasteiger partial charge in [-0.3, -0.25) is 0 Å². The van der Waals surface area contributed by atoms with Gasteiger partial charge in [0.25, 0.3) is 0 Å². The molecule has 90 valence electrons. The highest BCUT2D eigenvalue weighted by Gasteiger charge is 2.44. The molecule has 1 saturated carbocycles. The van der Waals surface area contributed by atoms with E-state index in [1.807, 2.05) is 0 Å². The first-order chi connectivity index (χ1) is 8.43. The summed E-state index contributed by atoms with van der Waals surface area (Å²) in [6.07, 6.45) is 3.10. The molecule has 4 rings (SSSR count). The van der Waals surface area contributed by atoms with E-state index in [4.69, 9.17) is 4.74 Å². The zero-order chi connectivity index (χ0) is 11.2. The van der Waals surface area contributed by atoms with E-state index in [9.17, 15) is 0 Å². The van der Waals surface area contributed by atoms with Crippen LogP contribution >= 0.6 is 0 Å². The van der Waals surface area contributed by atoms with Crippen LogP contribution in [0.2, 0.25) is 0 Å². The number of hydrogen-bond donors (Lipinski definition) is 1. The van der Waals surface area contributed by atoms with Gasteiger partial charge in [-0.25, -0.2) is 0 Å². The fourth-order valence-electron chi connectivity index (χ4n) is 3.43. The Hall–Kier alpha value is -0.860. The van der Waals surface area contributed by atoms with E-state index >= 15 is 0 Å². The van der Waals surface area contributed by atoms with E-state index in [0.29, 0.717) is 17.9 Å². The highest BCUT2D eigenvalue weighted by Crippen LogP contribution is 2.49. The molecule has 1 unspecified atom stereocenters. The van der Waals surface area contributed by atoms with Crippen molar-refractivity contribution in [2.24, 2.45) is 11.8 Å². The molecule has 1 aliphatic heterocycles. The topological polar surface area (TPSA) is 21.3 Å². The van der Waals surface area contributed by atoms with Gasteiger partial charge in [0, 0.05) is 24.9 Å². The van der Waals surface area contributed by atoms with Crippen molar-refractivity contribution in [3.63, 3.8) is 0 Å². The molecule has 2 aliphatic carbocycles. The summed E-state index contributed by atoms with van der Waals surface area (Å²) in [5.41, 5.74) is 2.99. The van der Waals surface area contributed by atoms with E-state index in [1.165, 1.54) is 24.0 Å². The van der Waals surface area contributed by atoms with Crippen molar-refractivity contribution >= 4 is 0 Å². The van der Waals surface area contributed by atoms with Gasteiger partial charge in [0.05, 0.1) is 12.7 Å². The minimum absolute atomic E-state index is 0.354. The van der Waals surface area contributed by atoms with Crippen molar-refractivity contribution in [1.29, 1.82) is 0 Å². The number of benzene rings is 1. The molecule has 0 aromatic heterocycles. The first-order valence-electron chi connectivity index (χ1n) is 6.84. The van der Waals surface area contributed by atoms with E-state index < -0.39 is 0 Å². The van der Waals surface area contributed by atoms with E-state index in [0.717, 1.165) is 25.6 Å². The second kappa shape index (κ2) is 3.82. The lowest BCUT2D eigenvalue weighted by molar-refractivity contribution is 0.0154. The van der Waals surface area contributed by atoms with Crippen LogP contribution in [0, 0.1) is 11.8 Å². The van der Waals surface area contributed by atoms with Gasteiger partial charge < -0.3 is 10.1 Å². The van der Waals surface area contributed by atoms with Crippen LogP contribution in [0.15, 0.2) is 24.3 Å². The Balaban J connectivity index is 1.63. The summed E-state index contributed by atoms with van der Waals surface area (Å²) >= 11 is 0. The van der Waals surface area contributed by atoms with Crippen LogP contribution in [0.25, 0.3) is 0 Å². The molecule has 17 heavy (non-hydrogen) atoms. The average Bonchev–Trinajstić information content (AvgIpc) is 2.98. The van der Waals surface area contributed by atoms with Crippen molar-refractivity contribution in [1.82, 2.24) is 5.32 Å². The molecule has 1 aromatic rings. The summed E-state index contributed by atoms with van der Waals surface area (Å²) in [5.74, 6) is 2.22. The van der Waals surface area contributed by atoms with Crippen molar-refractivity contribution in [3.05, 3.63) is 35.4 Å². The minimum atomic E-state index is 0.354. The Morgan fingerprint density at radius 3 is 2.76 bits per heavy atom. The van der Waals surface area contributed by atoms with Crippen molar-refractivity contribution in [2.75, 3.05) is 19.7 Å². The zero-order valence-electron chi connectivity index (χ0n) is 10.1. The van der Waals surface area contributed by atoms with E-state index in [1.54, 1.807) is 0 Å². The highest BCUT2D eigenvalue weighted by atomic mass is 16.5. The average molecular weight is 229 g/mol. The summed E-state index contributed by atoms with van der Waals surface area (Å²) < 4.78 is 6.23. The second-order valence-electron chi connectivity index (χ2n) is 5.75. The van der Waals surface area contributed by atoms with Crippen LogP contribution in [0.4, 0.5) is 0 Å². The van der Waals surface area contributed by atoms with Gasteiger partial charge >= 0.3 is 0 Å². The highest BCUT2D eigenvalue weighted by molar-refractivity contribution is 5.40. The predicted molar refractivity (Wildman–Crippen MR) is 67.0 cm³/mol. The molecular formula is C15H19NO. The number of nitrogens with one attached hydrogen (secondary N) is 1. The first kappa shape index (κ1) is 10.1. The summed E-state index contributed by atoms with van der Waals surface area (Å²) in [5, 5.41) is 3.52.